The van der Waals surface area contributed by atoms with Crippen molar-refractivity contribution in [3.63, 3.8) is 0 Å². The average Bonchev–Trinajstić information content (AvgIpc) is 2.74. The van der Waals surface area contributed by atoms with Gasteiger partial charge in [-0.2, -0.15) is 0 Å². The standard InChI is InChI=1S/C15H22N4O/c1-10-6-11(2)13(12(3)7-10)8-16-15-18-17-14(20-15)9-19(4)5/h6-7H,8-9H2,1-5H3,(H,16,18). The molecular weight excluding hydrogens is 252 g/mol. The Balaban J connectivity index is 2.04. The van der Waals surface area contributed by atoms with E-state index in [2.05, 4.69) is 48.4 Å². The van der Waals surface area contributed by atoms with E-state index in [0.717, 1.165) is 0 Å². The fourth-order valence-corrected chi connectivity index (χ4v) is 2.31. The van der Waals surface area contributed by atoms with Crippen molar-refractivity contribution in [1.82, 2.24) is 15.1 Å². The van der Waals surface area contributed by atoms with Gasteiger partial charge in [-0.15, -0.1) is 5.10 Å². The highest BCUT2D eigenvalue weighted by molar-refractivity contribution is 5.39. The van der Waals surface area contributed by atoms with Gasteiger partial charge in [-0.05, 0) is 51.6 Å². The summed E-state index contributed by atoms with van der Waals surface area (Å²) < 4.78 is 5.54. The third-order valence-electron chi connectivity index (χ3n) is 3.18. The molecule has 1 N–H and O–H groups in total. The zero-order valence-corrected chi connectivity index (χ0v) is 12.8. The molecule has 0 saturated carbocycles. The van der Waals surface area contributed by atoms with Crippen molar-refractivity contribution in [2.75, 3.05) is 19.4 Å². The summed E-state index contributed by atoms with van der Waals surface area (Å²) in [7, 11) is 3.94. The number of hydrogen-bond donors (Lipinski definition) is 1. The lowest BCUT2D eigenvalue weighted by Crippen LogP contribution is -2.10. The quantitative estimate of drug-likeness (QED) is 0.908. The number of benzene rings is 1. The van der Waals surface area contributed by atoms with Gasteiger partial charge in [-0.25, -0.2) is 0 Å². The van der Waals surface area contributed by atoms with Crippen LogP contribution in [0.25, 0.3) is 0 Å². The van der Waals surface area contributed by atoms with E-state index in [1.165, 1.54) is 22.3 Å². The van der Waals surface area contributed by atoms with Crippen LogP contribution in [0.1, 0.15) is 28.1 Å². The molecule has 1 aromatic heterocycles. The second kappa shape index (κ2) is 6.05. The van der Waals surface area contributed by atoms with E-state index in [1.807, 2.05) is 19.0 Å². The van der Waals surface area contributed by atoms with E-state index in [4.69, 9.17) is 4.42 Å². The third-order valence-corrected chi connectivity index (χ3v) is 3.18. The van der Waals surface area contributed by atoms with Crippen molar-refractivity contribution in [3.8, 4) is 0 Å². The van der Waals surface area contributed by atoms with Crippen LogP contribution in [0.15, 0.2) is 16.5 Å². The van der Waals surface area contributed by atoms with Crippen molar-refractivity contribution in [1.29, 1.82) is 0 Å². The van der Waals surface area contributed by atoms with Crippen molar-refractivity contribution >= 4 is 6.01 Å². The van der Waals surface area contributed by atoms with Gasteiger partial charge in [0.1, 0.15) is 0 Å². The van der Waals surface area contributed by atoms with Crippen LogP contribution in [0.2, 0.25) is 0 Å². The summed E-state index contributed by atoms with van der Waals surface area (Å²) in [5, 5.41) is 11.2. The zero-order chi connectivity index (χ0) is 14.7. The molecule has 1 heterocycles. The number of aromatic nitrogens is 2. The minimum atomic E-state index is 0.473. The Morgan fingerprint density at radius 1 is 1.10 bits per heavy atom. The molecule has 0 aliphatic carbocycles. The first kappa shape index (κ1) is 14.5. The third kappa shape index (κ3) is 3.57. The number of anilines is 1. The molecule has 20 heavy (non-hydrogen) atoms. The number of aryl methyl sites for hydroxylation is 3. The van der Waals surface area contributed by atoms with E-state index in [0.29, 0.717) is 25.0 Å². The molecule has 108 valence electrons. The SMILES string of the molecule is Cc1cc(C)c(CNc2nnc(CN(C)C)o2)c(C)c1. The van der Waals surface area contributed by atoms with E-state index >= 15 is 0 Å². The van der Waals surface area contributed by atoms with Gasteiger partial charge < -0.3 is 14.6 Å². The minimum absolute atomic E-state index is 0.473. The summed E-state index contributed by atoms with van der Waals surface area (Å²) in [5.74, 6) is 0.620. The summed E-state index contributed by atoms with van der Waals surface area (Å²) in [6.45, 7) is 7.71. The lowest BCUT2D eigenvalue weighted by atomic mass is 10.00. The predicted octanol–water partition coefficient (Wildman–Crippen LogP) is 2.67. The molecule has 0 atom stereocenters. The summed E-state index contributed by atoms with van der Waals surface area (Å²) >= 11 is 0. The molecule has 0 aliphatic heterocycles. The van der Waals surface area contributed by atoms with Crippen LogP contribution in [0.4, 0.5) is 6.01 Å². The molecule has 5 nitrogen and oxygen atoms in total. The maximum absolute atomic E-state index is 5.54. The Labute approximate surface area is 120 Å². The first-order valence-corrected chi connectivity index (χ1v) is 6.73. The topological polar surface area (TPSA) is 54.2 Å². The van der Waals surface area contributed by atoms with Crippen LogP contribution < -0.4 is 5.32 Å². The predicted molar refractivity (Wildman–Crippen MR) is 79.7 cm³/mol. The number of nitrogens with one attached hydrogen (secondary N) is 1. The molecule has 5 heteroatoms. The average molecular weight is 274 g/mol. The van der Waals surface area contributed by atoms with Gasteiger partial charge in [-0.1, -0.05) is 22.8 Å². The minimum Gasteiger partial charge on any atom is -0.407 e. The molecule has 0 saturated heterocycles. The van der Waals surface area contributed by atoms with Crippen LogP contribution >= 0.6 is 0 Å². The molecule has 0 aliphatic rings. The highest BCUT2D eigenvalue weighted by Gasteiger charge is 2.08. The number of nitrogens with zero attached hydrogens (tertiary/aromatic N) is 3. The fraction of sp³-hybridized carbons (Fsp3) is 0.467. The van der Waals surface area contributed by atoms with E-state index < -0.39 is 0 Å². The summed E-state index contributed by atoms with van der Waals surface area (Å²) in [6.07, 6.45) is 0. The Kier molecular flexibility index (Phi) is 4.39. The Hall–Kier alpha value is -1.88. The lowest BCUT2D eigenvalue weighted by molar-refractivity contribution is 0.344. The number of hydrogen-bond acceptors (Lipinski definition) is 5. The van der Waals surface area contributed by atoms with Crippen LogP contribution in [0, 0.1) is 20.8 Å². The van der Waals surface area contributed by atoms with Crippen LogP contribution in [-0.4, -0.2) is 29.2 Å². The molecule has 0 fully saturated rings. The molecule has 0 radical (unpaired) electrons. The Morgan fingerprint density at radius 2 is 1.75 bits per heavy atom. The highest BCUT2D eigenvalue weighted by atomic mass is 16.4. The second-order valence-corrected chi connectivity index (χ2v) is 5.47. The monoisotopic (exact) mass is 274 g/mol. The molecule has 1 aromatic carbocycles. The van der Waals surface area contributed by atoms with Gasteiger partial charge in [0.05, 0.1) is 6.54 Å². The summed E-state index contributed by atoms with van der Waals surface area (Å²) in [4.78, 5) is 1.99. The Bertz CT molecular complexity index is 566. The summed E-state index contributed by atoms with van der Waals surface area (Å²) in [6, 6.07) is 4.85. The number of rotatable bonds is 5. The molecular formula is C15H22N4O. The van der Waals surface area contributed by atoms with Crippen LogP contribution in [0.5, 0.6) is 0 Å². The van der Waals surface area contributed by atoms with Crippen molar-refractivity contribution in [2.45, 2.75) is 33.9 Å². The van der Waals surface area contributed by atoms with Crippen molar-refractivity contribution in [3.05, 3.63) is 40.3 Å². The normalized spacial score (nSPS) is 11.1. The lowest BCUT2D eigenvalue weighted by Gasteiger charge is -2.11. The first-order valence-electron chi connectivity index (χ1n) is 6.73. The van der Waals surface area contributed by atoms with Gasteiger partial charge >= 0.3 is 6.01 Å². The fourth-order valence-electron chi connectivity index (χ4n) is 2.31. The Morgan fingerprint density at radius 3 is 2.35 bits per heavy atom. The highest BCUT2D eigenvalue weighted by Crippen LogP contribution is 2.18. The zero-order valence-electron chi connectivity index (χ0n) is 12.8. The molecule has 2 rings (SSSR count). The van der Waals surface area contributed by atoms with Crippen LogP contribution in [0.3, 0.4) is 0 Å². The largest absolute Gasteiger partial charge is 0.407 e. The van der Waals surface area contributed by atoms with E-state index in [9.17, 15) is 0 Å². The smallest absolute Gasteiger partial charge is 0.315 e. The van der Waals surface area contributed by atoms with E-state index in [1.54, 1.807) is 0 Å². The van der Waals surface area contributed by atoms with Gasteiger partial charge in [0.15, 0.2) is 0 Å². The van der Waals surface area contributed by atoms with Gasteiger partial charge in [0.2, 0.25) is 5.89 Å². The van der Waals surface area contributed by atoms with Gasteiger partial charge in [-0.3, -0.25) is 0 Å². The summed E-state index contributed by atoms with van der Waals surface area (Å²) in [5.41, 5.74) is 5.13. The molecule has 2 aromatic rings. The maximum Gasteiger partial charge on any atom is 0.315 e. The van der Waals surface area contributed by atoms with E-state index in [-0.39, 0.29) is 0 Å². The molecule has 0 spiro atoms. The molecule has 0 bridgehead atoms. The van der Waals surface area contributed by atoms with Crippen molar-refractivity contribution in [2.24, 2.45) is 0 Å². The van der Waals surface area contributed by atoms with Crippen molar-refractivity contribution < 1.29 is 4.42 Å². The molecule has 0 unspecified atom stereocenters. The maximum atomic E-state index is 5.54. The van der Waals surface area contributed by atoms with Gasteiger partial charge in [0.25, 0.3) is 0 Å². The van der Waals surface area contributed by atoms with Gasteiger partial charge in [0, 0.05) is 6.54 Å². The van der Waals surface area contributed by atoms with Crippen LogP contribution in [-0.2, 0) is 13.1 Å². The second-order valence-electron chi connectivity index (χ2n) is 5.47. The molecule has 0 amide bonds. The first-order chi connectivity index (χ1) is 9.45.